The lowest BCUT2D eigenvalue weighted by molar-refractivity contribution is 0.308. The first-order valence-corrected chi connectivity index (χ1v) is 9.66. The fourth-order valence-electron chi connectivity index (χ4n) is 2.87. The van der Waals surface area contributed by atoms with Gasteiger partial charge in [0.15, 0.2) is 0 Å². The van der Waals surface area contributed by atoms with E-state index in [1.54, 1.807) is 6.07 Å². The molecule has 124 valence electrons. The van der Waals surface area contributed by atoms with Crippen LogP contribution < -0.4 is 9.46 Å². The average Bonchev–Trinajstić information content (AvgIpc) is 2.45. The highest BCUT2D eigenvalue weighted by molar-refractivity contribution is 7.89. The number of benzene rings is 1. The van der Waals surface area contributed by atoms with E-state index in [1.807, 2.05) is 13.8 Å². The summed E-state index contributed by atoms with van der Waals surface area (Å²) in [7, 11) is -3.64. The molecule has 0 aromatic heterocycles. The highest BCUT2D eigenvalue weighted by Gasteiger charge is 2.29. The molecule has 0 bridgehead atoms. The van der Waals surface area contributed by atoms with E-state index in [0.29, 0.717) is 23.3 Å². The molecule has 1 aliphatic rings. The molecule has 0 radical (unpaired) electrons. The third kappa shape index (κ3) is 3.94. The number of ether oxygens (including phenoxy) is 1. The van der Waals surface area contributed by atoms with Gasteiger partial charge in [-0.2, -0.15) is 0 Å². The summed E-state index contributed by atoms with van der Waals surface area (Å²) in [6.07, 6.45) is 4.16. The molecule has 0 amide bonds. The minimum atomic E-state index is -3.64. The maximum absolute atomic E-state index is 12.8. The molecule has 0 aliphatic heterocycles. The van der Waals surface area contributed by atoms with Gasteiger partial charge in [-0.25, -0.2) is 13.1 Å². The predicted molar refractivity (Wildman–Crippen MR) is 89.1 cm³/mol. The molecule has 1 aromatic carbocycles. The molecule has 1 N–H and O–H groups in total. The number of rotatable bonds is 5. The third-order valence-corrected chi connectivity index (χ3v) is 6.15. The molecule has 1 aliphatic carbocycles. The Bertz CT molecular complexity index is 631. The van der Waals surface area contributed by atoms with E-state index >= 15 is 0 Å². The van der Waals surface area contributed by atoms with E-state index in [0.717, 1.165) is 24.8 Å². The molecule has 2 rings (SSSR count). The van der Waals surface area contributed by atoms with Crippen molar-refractivity contribution >= 4 is 21.6 Å². The fourth-order valence-corrected chi connectivity index (χ4v) is 4.63. The number of sulfonamides is 1. The van der Waals surface area contributed by atoms with Crippen LogP contribution in [-0.4, -0.2) is 21.1 Å². The first kappa shape index (κ1) is 17.6. The summed E-state index contributed by atoms with van der Waals surface area (Å²) in [5.41, 5.74) is 0.801. The van der Waals surface area contributed by atoms with Crippen LogP contribution in [0.1, 0.15) is 45.1 Å². The summed E-state index contributed by atoms with van der Waals surface area (Å²) < 4.78 is 33.8. The van der Waals surface area contributed by atoms with E-state index in [-0.39, 0.29) is 10.9 Å². The SMILES string of the molecule is CCOc1cc(C)c(Cl)cc1S(=O)(=O)N[C@@H]1CCCC[C@H]1C. The minimum Gasteiger partial charge on any atom is -0.492 e. The van der Waals surface area contributed by atoms with E-state index in [4.69, 9.17) is 16.3 Å². The van der Waals surface area contributed by atoms with Crippen LogP contribution in [0.2, 0.25) is 5.02 Å². The Labute approximate surface area is 138 Å². The predicted octanol–water partition coefficient (Wildman–Crippen LogP) is 3.90. The van der Waals surface area contributed by atoms with Crippen molar-refractivity contribution in [1.29, 1.82) is 0 Å². The van der Waals surface area contributed by atoms with Gasteiger partial charge in [0.2, 0.25) is 10.0 Å². The zero-order valence-corrected chi connectivity index (χ0v) is 14.9. The largest absolute Gasteiger partial charge is 0.492 e. The van der Waals surface area contributed by atoms with Crippen LogP contribution in [0.4, 0.5) is 0 Å². The second kappa shape index (κ2) is 7.20. The summed E-state index contributed by atoms with van der Waals surface area (Å²) in [5.74, 6) is 0.709. The van der Waals surface area contributed by atoms with Crippen molar-refractivity contribution in [3.63, 3.8) is 0 Å². The maximum Gasteiger partial charge on any atom is 0.244 e. The molecule has 6 heteroatoms. The molecule has 2 atom stereocenters. The normalized spacial score (nSPS) is 22.5. The first-order valence-electron chi connectivity index (χ1n) is 7.80. The third-order valence-electron chi connectivity index (χ3n) is 4.23. The molecule has 0 heterocycles. The lowest BCUT2D eigenvalue weighted by Gasteiger charge is -2.29. The fraction of sp³-hybridized carbons (Fsp3) is 0.625. The van der Waals surface area contributed by atoms with Crippen molar-refractivity contribution in [2.75, 3.05) is 6.61 Å². The molecule has 0 spiro atoms. The number of hydrogen-bond acceptors (Lipinski definition) is 3. The Balaban J connectivity index is 2.33. The summed E-state index contributed by atoms with van der Waals surface area (Å²) in [6, 6.07) is 3.15. The minimum absolute atomic E-state index is 0.0201. The maximum atomic E-state index is 12.8. The molecule has 1 aromatic rings. The quantitative estimate of drug-likeness (QED) is 0.880. The van der Waals surface area contributed by atoms with E-state index < -0.39 is 10.0 Å². The van der Waals surface area contributed by atoms with Gasteiger partial charge in [-0.1, -0.05) is 31.4 Å². The second-order valence-corrected chi connectivity index (χ2v) is 8.06. The Morgan fingerprint density at radius 1 is 1.32 bits per heavy atom. The van der Waals surface area contributed by atoms with Crippen LogP contribution >= 0.6 is 11.6 Å². The van der Waals surface area contributed by atoms with Crippen molar-refractivity contribution in [3.8, 4) is 5.75 Å². The summed E-state index contributed by atoms with van der Waals surface area (Å²) >= 11 is 6.12. The Kier molecular flexibility index (Phi) is 5.75. The smallest absolute Gasteiger partial charge is 0.244 e. The molecule has 1 saturated carbocycles. The van der Waals surface area contributed by atoms with Gasteiger partial charge in [0.25, 0.3) is 0 Å². The van der Waals surface area contributed by atoms with Crippen LogP contribution in [-0.2, 0) is 10.0 Å². The Morgan fingerprint density at radius 3 is 2.64 bits per heavy atom. The molecule has 4 nitrogen and oxygen atoms in total. The number of aryl methyl sites for hydroxylation is 1. The van der Waals surface area contributed by atoms with Gasteiger partial charge in [-0.3, -0.25) is 0 Å². The molecule has 0 unspecified atom stereocenters. The van der Waals surface area contributed by atoms with E-state index in [2.05, 4.69) is 11.6 Å². The van der Waals surface area contributed by atoms with Crippen LogP contribution in [0, 0.1) is 12.8 Å². The monoisotopic (exact) mass is 345 g/mol. The summed E-state index contributed by atoms with van der Waals surface area (Å²) in [6.45, 7) is 6.16. The molecule has 0 saturated heterocycles. The van der Waals surface area contributed by atoms with Crippen LogP contribution in [0.3, 0.4) is 0 Å². The topological polar surface area (TPSA) is 55.4 Å². The number of nitrogens with one attached hydrogen (secondary N) is 1. The van der Waals surface area contributed by atoms with Gasteiger partial charge in [0, 0.05) is 11.1 Å². The summed E-state index contributed by atoms with van der Waals surface area (Å²) in [5, 5.41) is 0.431. The van der Waals surface area contributed by atoms with Crippen molar-refractivity contribution < 1.29 is 13.2 Å². The molecule has 1 fully saturated rings. The van der Waals surface area contributed by atoms with E-state index in [1.165, 1.54) is 12.5 Å². The Hall–Kier alpha value is -0.780. The highest BCUT2D eigenvalue weighted by atomic mass is 35.5. The van der Waals surface area contributed by atoms with Gasteiger partial charge < -0.3 is 4.74 Å². The average molecular weight is 346 g/mol. The molecule has 22 heavy (non-hydrogen) atoms. The van der Waals surface area contributed by atoms with Gasteiger partial charge >= 0.3 is 0 Å². The van der Waals surface area contributed by atoms with Crippen molar-refractivity contribution in [1.82, 2.24) is 4.72 Å². The lowest BCUT2D eigenvalue weighted by Crippen LogP contribution is -2.41. The highest BCUT2D eigenvalue weighted by Crippen LogP contribution is 2.32. The number of hydrogen-bond donors (Lipinski definition) is 1. The van der Waals surface area contributed by atoms with Gasteiger partial charge in [-0.05, 0) is 50.3 Å². The first-order chi connectivity index (χ1) is 10.3. The van der Waals surface area contributed by atoms with Gasteiger partial charge in [0.05, 0.1) is 6.61 Å². The lowest BCUT2D eigenvalue weighted by atomic mass is 9.87. The summed E-state index contributed by atoms with van der Waals surface area (Å²) in [4.78, 5) is 0.128. The molecular weight excluding hydrogens is 322 g/mol. The number of halogens is 1. The van der Waals surface area contributed by atoms with Crippen LogP contribution in [0.15, 0.2) is 17.0 Å². The van der Waals surface area contributed by atoms with Crippen molar-refractivity contribution in [3.05, 3.63) is 22.7 Å². The molecular formula is C16H24ClNO3S. The van der Waals surface area contributed by atoms with E-state index in [9.17, 15) is 8.42 Å². The second-order valence-electron chi connectivity index (χ2n) is 5.97. The van der Waals surface area contributed by atoms with Gasteiger partial charge in [-0.15, -0.1) is 0 Å². The van der Waals surface area contributed by atoms with Crippen molar-refractivity contribution in [2.24, 2.45) is 5.92 Å². The Morgan fingerprint density at radius 2 is 2.00 bits per heavy atom. The van der Waals surface area contributed by atoms with Crippen LogP contribution in [0.5, 0.6) is 5.75 Å². The van der Waals surface area contributed by atoms with Gasteiger partial charge in [0.1, 0.15) is 10.6 Å². The van der Waals surface area contributed by atoms with Crippen LogP contribution in [0.25, 0.3) is 0 Å². The zero-order valence-electron chi connectivity index (χ0n) is 13.4. The zero-order chi connectivity index (χ0) is 16.3. The van der Waals surface area contributed by atoms with Crippen molar-refractivity contribution in [2.45, 2.75) is 57.4 Å². The standard InChI is InChI=1S/C16H24ClNO3S/c1-4-21-15-9-12(3)13(17)10-16(15)22(19,20)18-14-8-6-5-7-11(14)2/h9-11,14,18H,4-8H2,1-3H3/t11-,14-/m1/s1.